The van der Waals surface area contributed by atoms with E-state index in [4.69, 9.17) is 0 Å². The van der Waals surface area contributed by atoms with Crippen molar-refractivity contribution in [2.75, 3.05) is 12.8 Å². The smallest absolute Gasteiger partial charge is 0.235 e. The van der Waals surface area contributed by atoms with Crippen LogP contribution in [0.5, 0.6) is 0 Å². The first-order chi connectivity index (χ1) is 13.1. The van der Waals surface area contributed by atoms with Gasteiger partial charge in [0.25, 0.3) is 0 Å². The number of hydrogen-bond donors (Lipinski definition) is 1. The molecule has 1 amide bonds. The molecule has 6 heteroatoms. The molecule has 0 saturated heterocycles. The fraction of sp³-hybridized carbons (Fsp3) is 0.409. The molecule has 0 fully saturated rings. The van der Waals surface area contributed by atoms with Gasteiger partial charge in [-0.3, -0.25) is 4.79 Å². The van der Waals surface area contributed by atoms with E-state index in [1.165, 1.54) is 9.87 Å². The quantitative estimate of drug-likeness (QED) is 0.733. The summed E-state index contributed by atoms with van der Waals surface area (Å²) >= 11 is 0. The van der Waals surface area contributed by atoms with Crippen LogP contribution in [-0.2, 0) is 21.4 Å². The molecule has 1 atom stereocenters. The summed E-state index contributed by atoms with van der Waals surface area (Å²) in [6, 6.07) is 13.6. The lowest BCUT2D eigenvalue weighted by Gasteiger charge is -2.23. The van der Waals surface area contributed by atoms with E-state index in [0.717, 1.165) is 34.9 Å². The minimum atomic E-state index is -3.52. The topological polar surface area (TPSA) is 66.5 Å². The van der Waals surface area contributed by atoms with Crippen LogP contribution in [0.1, 0.15) is 47.2 Å². The molecule has 0 aliphatic rings. The monoisotopic (exact) mass is 402 g/mol. The van der Waals surface area contributed by atoms with Gasteiger partial charge in [0.15, 0.2) is 0 Å². The fourth-order valence-corrected chi connectivity index (χ4v) is 3.94. The summed E-state index contributed by atoms with van der Waals surface area (Å²) in [5, 5.41) is 3.00. The Hall–Kier alpha value is -2.18. The Morgan fingerprint density at radius 2 is 1.64 bits per heavy atom. The van der Waals surface area contributed by atoms with Gasteiger partial charge in [-0.2, -0.15) is 4.31 Å². The molecule has 0 bridgehead atoms. The summed E-state index contributed by atoms with van der Waals surface area (Å²) in [5.41, 5.74) is 5.30. The van der Waals surface area contributed by atoms with Gasteiger partial charge >= 0.3 is 0 Å². The third kappa shape index (κ3) is 6.17. The molecule has 0 radical (unpaired) electrons. The van der Waals surface area contributed by atoms with Gasteiger partial charge in [0, 0.05) is 6.54 Å². The average Bonchev–Trinajstić information content (AvgIpc) is 2.60. The van der Waals surface area contributed by atoms with Crippen molar-refractivity contribution in [3.63, 3.8) is 0 Å². The number of amides is 1. The van der Waals surface area contributed by atoms with Gasteiger partial charge in [-0.1, -0.05) is 60.5 Å². The fourth-order valence-electron chi connectivity index (χ4n) is 3.20. The number of carbonyl (C=O) groups excluding carboxylic acids is 1. The number of carbonyl (C=O) groups is 1. The molecule has 0 unspecified atom stereocenters. The summed E-state index contributed by atoms with van der Waals surface area (Å²) in [4.78, 5) is 12.6. The second-order valence-corrected chi connectivity index (χ2v) is 9.39. The van der Waals surface area contributed by atoms with Crippen LogP contribution < -0.4 is 5.32 Å². The van der Waals surface area contributed by atoms with Crippen molar-refractivity contribution in [3.05, 3.63) is 70.3 Å². The highest BCUT2D eigenvalue weighted by molar-refractivity contribution is 7.88. The van der Waals surface area contributed by atoms with Gasteiger partial charge in [0.2, 0.25) is 15.9 Å². The van der Waals surface area contributed by atoms with Crippen LogP contribution in [0.25, 0.3) is 0 Å². The SMILES string of the molecule is CC[C@@H](NC(=O)CN(Cc1ccc(C)cc1)S(C)(=O)=O)c1ccc(C)cc1C. The minimum absolute atomic E-state index is 0.145. The number of sulfonamides is 1. The molecule has 0 aliphatic heterocycles. The lowest BCUT2D eigenvalue weighted by Crippen LogP contribution is -2.41. The first kappa shape index (κ1) is 22.1. The molecule has 5 nitrogen and oxygen atoms in total. The van der Waals surface area contributed by atoms with Crippen molar-refractivity contribution in [1.29, 1.82) is 0 Å². The Labute approximate surface area is 168 Å². The molecular formula is C22H30N2O3S. The summed E-state index contributed by atoms with van der Waals surface area (Å²) < 4.78 is 25.6. The van der Waals surface area contributed by atoms with E-state index in [1.807, 2.05) is 64.1 Å². The molecule has 1 N–H and O–H groups in total. The zero-order valence-electron chi connectivity index (χ0n) is 17.3. The Bertz CT molecular complexity index is 921. The van der Waals surface area contributed by atoms with Crippen molar-refractivity contribution >= 4 is 15.9 Å². The average molecular weight is 403 g/mol. The van der Waals surface area contributed by atoms with Gasteiger partial charge in [0.05, 0.1) is 18.8 Å². The minimum Gasteiger partial charge on any atom is -0.348 e. The van der Waals surface area contributed by atoms with E-state index in [-0.39, 0.29) is 25.0 Å². The van der Waals surface area contributed by atoms with Crippen LogP contribution in [0.2, 0.25) is 0 Å². The van der Waals surface area contributed by atoms with Crippen LogP contribution in [-0.4, -0.2) is 31.4 Å². The molecule has 28 heavy (non-hydrogen) atoms. The second-order valence-electron chi connectivity index (χ2n) is 7.41. The Morgan fingerprint density at radius 1 is 1.04 bits per heavy atom. The first-order valence-electron chi connectivity index (χ1n) is 9.47. The third-order valence-corrected chi connectivity index (χ3v) is 6.01. The first-order valence-corrected chi connectivity index (χ1v) is 11.3. The van der Waals surface area contributed by atoms with Gasteiger partial charge < -0.3 is 5.32 Å². The van der Waals surface area contributed by atoms with Crippen LogP contribution in [0, 0.1) is 20.8 Å². The molecule has 0 spiro atoms. The van der Waals surface area contributed by atoms with Crippen LogP contribution in [0.4, 0.5) is 0 Å². The molecule has 2 rings (SSSR count). The van der Waals surface area contributed by atoms with Gasteiger partial charge in [0.1, 0.15) is 0 Å². The number of rotatable bonds is 8. The van der Waals surface area contributed by atoms with Crippen LogP contribution >= 0.6 is 0 Å². The summed E-state index contributed by atoms with van der Waals surface area (Å²) in [5.74, 6) is -0.302. The largest absolute Gasteiger partial charge is 0.348 e. The molecule has 0 aliphatic carbocycles. The van der Waals surface area contributed by atoms with Crippen molar-refractivity contribution in [3.8, 4) is 0 Å². The molecular weight excluding hydrogens is 372 g/mol. The van der Waals surface area contributed by atoms with E-state index in [9.17, 15) is 13.2 Å². The molecule has 2 aromatic carbocycles. The number of aryl methyl sites for hydroxylation is 3. The highest BCUT2D eigenvalue weighted by atomic mass is 32.2. The predicted octanol–water partition coefficient (Wildman–Crippen LogP) is 3.64. The van der Waals surface area contributed by atoms with E-state index in [0.29, 0.717) is 0 Å². The van der Waals surface area contributed by atoms with Gasteiger partial charge in [-0.25, -0.2) is 8.42 Å². The molecule has 0 heterocycles. The lowest BCUT2D eigenvalue weighted by atomic mass is 9.97. The van der Waals surface area contributed by atoms with E-state index >= 15 is 0 Å². The van der Waals surface area contributed by atoms with Crippen molar-refractivity contribution in [2.24, 2.45) is 0 Å². The molecule has 0 aromatic heterocycles. The number of nitrogens with one attached hydrogen (secondary N) is 1. The third-order valence-electron chi connectivity index (χ3n) is 4.81. The standard InChI is InChI=1S/C22H30N2O3S/c1-6-21(20-12-9-17(3)13-18(20)4)23-22(25)15-24(28(5,26)27)14-19-10-7-16(2)8-11-19/h7-13,21H,6,14-15H2,1-5H3,(H,23,25)/t21-/m1/s1. The summed E-state index contributed by atoms with van der Waals surface area (Å²) in [7, 11) is -3.52. The van der Waals surface area contributed by atoms with E-state index < -0.39 is 10.0 Å². The zero-order valence-corrected chi connectivity index (χ0v) is 18.1. The highest BCUT2D eigenvalue weighted by Gasteiger charge is 2.22. The van der Waals surface area contributed by atoms with Crippen molar-refractivity contribution in [2.45, 2.75) is 46.7 Å². The molecule has 2 aromatic rings. The van der Waals surface area contributed by atoms with Crippen LogP contribution in [0.3, 0.4) is 0 Å². The number of benzene rings is 2. The molecule has 152 valence electrons. The normalized spacial score (nSPS) is 12.8. The van der Waals surface area contributed by atoms with Gasteiger partial charge in [-0.15, -0.1) is 0 Å². The van der Waals surface area contributed by atoms with Crippen molar-refractivity contribution < 1.29 is 13.2 Å². The molecule has 0 saturated carbocycles. The Balaban J connectivity index is 2.12. The summed E-state index contributed by atoms with van der Waals surface area (Å²) in [6.07, 6.45) is 1.86. The zero-order chi connectivity index (χ0) is 20.9. The van der Waals surface area contributed by atoms with Gasteiger partial charge in [-0.05, 0) is 43.9 Å². The summed E-state index contributed by atoms with van der Waals surface area (Å²) in [6.45, 7) is 8.01. The number of nitrogens with zero attached hydrogens (tertiary/aromatic N) is 1. The Morgan fingerprint density at radius 3 is 2.18 bits per heavy atom. The second kappa shape index (κ2) is 9.34. The van der Waals surface area contributed by atoms with Crippen molar-refractivity contribution in [1.82, 2.24) is 9.62 Å². The maximum absolute atomic E-state index is 12.6. The predicted molar refractivity (Wildman–Crippen MR) is 114 cm³/mol. The maximum Gasteiger partial charge on any atom is 0.235 e. The highest BCUT2D eigenvalue weighted by Crippen LogP contribution is 2.22. The van der Waals surface area contributed by atoms with Crippen LogP contribution in [0.15, 0.2) is 42.5 Å². The lowest BCUT2D eigenvalue weighted by molar-refractivity contribution is -0.122. The Kier molecular flexibility index (Phi) is 7.38. The van der Waals surface area contributed by atoms with E-state index in [1.54, 1.807) is 0 Å². The van der Waals surface area contributed by atoms with E-state index in [2.05, 4.69) is 11.4 Å². The maximum atomic E-state index is 12.6. The number of hydrogen-bond acceptors (Lipinski definition) is 3.